The molecule has 0 bridgehead atoms. The quantitative estimate of drug-likeness (QED) is 0.353. The third kappa shape index (κ3) is 4.94. The highest BCUT2D eigenvalue weighted by Crippen LogP contribution is 2.34. The Balaban J connectivity index is 1.67. The zero-order valence-electron chi connectivity index (χ0n) is 19.6. The highest BCUT2D eigenvalue weighted by molar-refractivity contribution is 6.16. The molecule has 0 radical (unpaired) electrons. The highest BCUT2D eigenvalue weighted by Gasteiger charge is 2.37. The Morgan fingerprint density at radius 1 is 0.882 bits per heavy atom. The molecule has 3 aromatic rings. The van der Waals surface area contributed by atoms with Crippen LogP contribution in [0.5, 0.6) is 5.75 Å². The number of benzene rings is 3. The van der Waals surface area contributed by atoms with E-state index in [1.54, 1.807) is 17.9 Å². The minimum atomic E-state index is -0.536. The number of hydrogen-bond donors (Lipinski definition) is 0. The van der Waals surface area contributed by atoms with Crippen molar-refractivity contribution in [3.05, 3.63) is 118 Å². The number of carbonyl (C=O) groups excluding carboxylic acids is 2. The molecule has 1 aliphatic rings. The molecule has 0 saturated carbocycles. The van der Waals surface area contributed by atoms with E-state index in [2.05, 4.69) is 0 Å². The van der Waals surface area contributed by atoms with Crippen LogP contribution in [0.15, 0.2) is 95.7 Å². The van der Waals surface area contributed by atoms with Crippen molar-refractivity contribution in [3.8, 4) is 5.75 Å². The summed E-state index contributed by atoms with van der Waals surface area (Å²) in [6.07, 6.45) is 1.72. The average Bonchev–Trinajstić information content (AvgIpc) is 3.09. The van der Waals surface area contributed by atoms with Gasteiger partial charge in [0, 0.05) is 11.3 Å². The fourth-order valence-electron chi connectivity index (χ4n) is 3.92. The molecule has 0 aliphatic carbocycles. The summed E-state index contributed by atoms with van der Waals surface area (Å²) in [4.78, 5) is 27.8. The van der Waals surface area contributed by atoms with Gasteiger partial charge in [-0.25, -0.2) is 4.79 Å². The number of nitrogens with zero attached hydrogens (tertiary/aromatic N) is 1. The maximum absolute atomic E-state index is 13.5. The first-order valence-corrected chi connectivity index (χ1v) is 11.1. The molecule has 5 nitrogen and oxygen atoms in total. The number of methoxy groups -OCH3 is 1. The smallest absolute Gasteiger partial charge is 0.340 e. The maximum atomic E-state index is 13.5. The first-order chi connectivity index (χ1) is 16.5. The minimum Gasteiger partial charge on any atom is -0.488 e. The minimum absolute atomic E-state index is 0.240. The second-order valence-corrected chi connectivity index (χ2v) is 8.20. The van der Waals surface area contributed by atoms with Gasteiger partial charge in [0.1, 0.15) is 12.4 Å². The van der Waals surface area contributed by atoms with E-state index >= 15 is 0 Å². The Morgan fingerprint density at radius 3 is 2.26 bits per heavy atom. The molecule has 0 fully saturated rings. The number of para-hydroxylation sites is 1. The fraction of sp³-hybridized carbons (Fsp3) is 0.172. The van der Waals surface area contributed by atoms with Crippen LogP contribution >= 0.6 is 0 Å². The van der Waals surface area contributed by atoms with Crippen LogP contribution in [0.1, 0.15) is 29.2 Å². The lowest BCUT2D eigenvalue weighted by molar-refractivity contribution is -0.136. The van der Waals surface area contributed by atoms with E-state index < -0.39 is 5.97 Å². The number of allylic oxidation sites excluding steroid dienone is 1. The summed E-state index contributed by atoms with van der Waals surface area (Å²) in [6.45, 7) is 4.56. The monoisotopic (exact) mass is 453 g/mol. The van der Waals surface area contributed by atoms with Crippen molar-refractivity contribution < 1.29 is 19.1 Å². The zero-order chi connectivity index (χ0) is 24.1. The highest BCUT2D eigenvalue weighted by atomic mass is 16.5. The fourth-order valence-corrected chi connectivity index (χ4v) is 3.92. The van der Waals surface area contributed by atoms with E-state index in [0.717, 1.165) is 16.7 Å². The molecule has 0 atom stereocenters. The summed E-state index contributed by atoms with van der Waals surface area (Å²) < 4.78 is 11.1. The third-order valence-corrected chi connectivity index (χ3v) is 5.82. The van der Waals surface area contributed by atoms with E-state index in [1.165, 1.54) is 7.11 Å². The summed E-state index contributed by atoms with van der Waals surface area (Å²) in [5, 5.41) is 0. The lowest BCUT2D eigenvalue weighted by Crippen LogP contribution is -2.24. The number of hydrogen-bond acceptors (Lipinski definition) is 4. The van der Waals surface area contributed by atoms with Gasteiger partial charge in [-0.05, 0) is 37.1 Å². The summed E-state index contributed by atoms with van der Waals surface area (Å²) in [5.74, 6) is -0.145. The molecular weight excluding hydrogens is 426 g/mol. The summed E-state index contributed by atoms with van der Waals surface area (Å²) >= 11 is 0. The molecule has 4 rings (SSSR count). The topological polar surface area (TPSA) is 55.8 Å². The number of carbonyl (C=O) groups is 2. The Bertz CT molecular complexity index is 1260. The molecule has 0 unspecified atom stereocenters. The van der Waals surface area contributed by atoms with E-state index in [1.807, 2.05) is 85.8 Å². The van der Waals surface area contributed by atoms with Gasteiger partial charge in [0.05, 0.1) is 24.8 Å². The van der Waals surface area contributed by atoms with Crippen molar-refractivity contribution in [2.75, 3.05) is 7.11 Å². The van der Waals surface area contributed by atoms with Crippen molar-refractivity contribution in [1.29, 1.82) is 0 Å². The van der Waals surface area contributed by atoms with Crippen molar-refractivity contribution in [2.45, 2.75) is 27.0 Å². The molecular formula is C29H27NO4. The lowest BCUT2D eigenvalue weighted by atomic mass is 10.0. The second kappa shape index (κ2) is 10.2. The van der Waals surface area contributed by atoms with Crippen molar-refractivity contribution in [3.63, 3.8) is 0 Å². The van der Waals surface area contributed by atoms with Gasteiger partial charge >= 0.3 is 5.97 Å². The molecule has 1 aliphatic heterocycles. The maximum Gasteiger partial charge on any atom is 0.340 e. The van der Waals surface area contributed by atoms with Gasteiger partial charge in [-0.3, -0.25) is 4.79 Å². The van der Waals surface area contributed by atoms with Gasteiger partial charge in [-0.2, -0.15) is 0 Å². The number of aryl methyl sites for hydroxylation is 1. The van der Waals surface area contributed by atoms with Gasteiger partial charge in [0.15, 0.2) is 0 Å². The molecule has 0 N–H and O–H groups in total. The largest absolute Gasteiger partial charge is 0.488 e. The Morgan fingerprint density at radius 2 is 1.56 bits per heavy atom. The summed E-state index contributed by atoms with van der Waals surface area (Å²) in [7, 11) is 1.32. The first kappa shape index (κ1) is 23.1. The van der Waals surface area contributed by atoms with E-state index in [4.69, 9.17) is 9.47 Å². The van der Waals surface area contributed by atoms with Crippen LogP contribution in [0.2, 0.25) is 0 Å². The molecule has 5 heteroatoms. The number of esters is 1. The SMILES string of the molecule is COC(=O)C1=C(C)N(Cc2ccc(C)cc2)C(=O)/C1=C\c1ccccc1OCc1ccccc1. The van der Waals surface area contributed by atoms with Crippen LogP contribution in [-0.4, -0.2) is 23.9 Å². The Kier molecular flexibility index (Phi) is 6.93. The summed E-state index contributed by atoms with van der Waals surface area (Å²) in [5.41, 5.74) is 5.03. The van der Waals surface area contributed by atoms with E-state index in [0.29, 0.717) is 35.7 Å². The zero-order valence-corrected chi connectivity index (χ0v) is 19.6. The number of amides is 1. The Hall–Kier alpha value is -4.12. The van der Waals surface area contributed by atoms with E-state index in [-0.39, 0.29) is 11.5 Å². The molecule has 0 aromatic heterocycles. The lowest BCUT2D eigenvalue weighted by Gasteiger charge is -2.18. The summed E-state index contributed by atoms with van der Waals surface area (Å²) in [6, 6.07) is 25.3. The number of ether oxygens (including phenoxy) is 2. The van der Waals surface area contributed by atoms with E-state index in [9.17, 15) is 9.59 Å². The van der Waals surface area contributed by atoms with Crippen LogP contribution in [0.3, 0.4) is 0 Å². The normalized spacial score (nSPS) is 14.6. The van der Waals surface area contributed by atoms with Crippen LogP contribution in [0, 0.1) is 6.92 Å². The molecule has 1 heterocycles. The van der Waals surface area contributed by atoms with Crippen LogP contribution < -0.4 is 4.74 Å². The molecule has 172 valence electrons. The standard InChI is InChI=1S/C29H27NO4/c1-20-13-15-22(16-14-20)18-30-21(2)27(29(32)33-3)25(28(30)31)17-24-11-7-8-12-26(24)34-19-23-9-5-4-6-10-23/h4-17H,18-19H2,1-3H3/b25-17-. The van der Waals surface area contributed by atoms with Gasteiger partial charge in [0.25, 0.3) is 5.91 Å². The molecule has 0 saturated heterocycles. The van der Waals surface area contributed by atoms with Crippen molar-refractivity contribution in [1.82, 2.24) is 4.90 Å². The van der Waals surface area contributed by atoms with Crippen LogP contribution in [-0.2, 0) is 27.5 Å². The Labute approximate surface area is 199 Å². The number of rotatable bonds is 7. The van der Waals surface area contributed by atoms with Crippen LogP contribution in [0.4, 0.5) is 0 Å². The molecule has 1 amide bonds. The predicted molar refractivity (Wildman–Crippen MR) is 132 cm³/mol. The second-order valence-electron chi connectivity index (χ2n) is 8.20. The van der Waals surface area contributed by atoms with Gasteiger partial charge < -0.3 is 14.4 Å². The first-order valence-electron chi connectivity index (χ1n) is 11.1. The molecule has 0 spiro atoms. The van der Waals surface area contributed by atoms with Gasteiger partial charge in [0.2, 0.25) is 0 Å². The predicted octanol–water partition coefficient (Wildman–Crippen LogP) is 5.45. The molecule has 3 aromatic carbocycles. The third-order valence-electron chi connectivity index (χ3n) is 5.82. The van der Waals surface area contributed by atoms with Gasteiger partial charge in [-0.15, -0.1) is 0 Å². The molecule has 34 heavy (non-hydrogen) atoms. The van der Waals surface area contributed by atoms with Crippen molar-refractivity contribution >= 4 is 18.0 Å². The van der Waals surface area contributed by atoms with Crippen LogP contribution in [0.25, 0.3) is 6.08 Å². The van der Waals surface area contributed by atoms with Gasteiger partial charge in [-0.1, -0.05) is 78.4 Å². The van der Waals surface area contributed by atoms with Crippen molar-refractivity contribution in [2.24, 2.45) is 0 Å². The average molecular weight is 454 g/mol.